The highest BCUT2D eigenvalue weighted by Crippen LogP contribution is 2.10. The lowest BCUT2D eigenvalue weighted by atomic mass is 10.1. The molecule has 0 radical (unpaired) electrons. The van der Waals surface area contributed by atoms with Gasteiger partial charge < -0.3 is 4.74 Å². The zero-order valence-electron chi connectivity index (χ0n) is 9.40. The second kappa shape index (κ2) is 5.85. The van der Waals surface area contributed by atoms with Crippen LogP contribution in [0.15, 0.2) is 35.9 Å². The number of hydrogen-bond donors (Lipinski definition) is 0. The summed E-state index contributed by atoms with van der Waals surface area (Å²) in [7, 11) is 1.27. The minimum atomic E-state index is -0.587. The van der Waals surface area contributed by atoms with Crippen molar-refractivity contribution in [2.24, 2.45) is 0 Å². The van der Waals surface area contributed by atoms with Gasteiger partial charge >= 0.3 is 5.97 Å². The minimum Gasteiger partial charge on any atom is -0.465 e. The number of carbonyl (C=O) groups is 2. The van der Waals surface area contributed by atoms with E-state index in [1.165, 1.54) is 7.11 Å². The number of methoxy groups -OCH3 is 1. The molecule has 3 heteroatoms. The molecular weight excluding hydrogens is 204 g/mol. The van der Waals surface area contributed by atoms with Gasteiger partial charge in [-0.2, -0.15) is 0 Å². The molecule has 0 spiro atoms. The van der Waals surface area contributed by atoms with Crippen LogP contribution in [0.1, 0.15) is 18.9 Å². The number of benzene rings is 1. The molecule has 1 aromatic carbocycles. The van der Waals surface area contributed by atoms with Gasteiger partial charge in [0.05, 0.1) is 7.11 Å². The van der Waals surface area contributed by atoms with E-state index in [0.29, 0.717) is 0 Å². The fraction of sp³-hybridized carbons (Fsp3) is 0.231. The Balaban J connectivity index is 3.06. The summed E-state index contributed by atoms with van der Waals surface area (Å²) in [5, 5.41) is 0. The SMILES string of the molecule is CCC(=O)/C(=C\c1ccccc1)C(=O)OC. The molecule has 1 rings (SSSR count). The molecule has 0 aliphatic rings. The van der Waals surface area contributed by atoms with Gasteiger partial charge in [0.1, 0.15) is 5.57 Å². The number of esters is 1. The lowest BCUT2D eigenvalue weighted by Gasteiger charge is -2.02. The van der Waals surface area contributed by atoms with Crippen molar-refractivity contribution >= 4 is 17.8 Å². The van der Waals surface area contributed by atoms with E-state index in [-0.39, 0.29) is 17.8 Å². The van der Waals surface area contributed by atoms with Gasteiger partial charge in [-0.1, -0.05) is 37.3 Å². The third-order valence-corrected chi connectivity index (χ3v) is 2.14. The first-order valence-corrected chi connectivity index (χ1v) is 5.07. The van der Waals surface area contributed by atoms with E-state index < -0.39 is 5.97 Å². The maximum atomic E-state index is 11.5. The molecule has 0 bridgehead atoms. The molecule has 0 unspecified atom stereocenters. The van der Waals surface area contributed by atoms with Crippen molar-refractivity contribution in [1.29, 1.82) is 0 Å². The number of ether oxygens (including phenoxy) is 1. The smallest absolute Gasteiger partial charge is 0.341 e. The van der Waals surface area contributed by atoms with Crippen LogP contribution >= 0.6 is 0 Å². The standard InChI is InChI=1S/C13H14O3/c1-3-12(14)11(13(15)16-2)9-10-7-5-4-6-8-10/h4-9H,3H2,1-2H3/b11-9+. The Kier molecular flexibility index (Phi) is 4.45. The van der Waals surface area contributed by atoms with Gasteiger partial charge in [-0.05, 0) is 11.6 Å². The highest BCUT2D eigenvalue weighted by Gasteiger charge is 2.16. The van der Waals surface area contributed by atoms with Gasteiger partial charge in [-0.15, -0.1) is 0 Å². The zero-order valence-corrected chi connectivity index (χ0v) is 9.40. The predicted molar refractivity (Wildman–Crippen MR) is 61.7 cm³/mol. The van der Waals surface area contributed by atoms with Gasteiger partial charge in [0, 0.05) is 6.42 Å². The maximum absolute atomic E-state index is 11.5. The van der Waals surface area contributed by atoms with Crippen LogP contribution in [0.2, 0.25) is 0 Å². The Morgan fingerprint density at radius 1 is 1.25 bits per heavy atom. The summed E-state index contributed by atoms with van der Waals surface area (Å²) >= 11 is 0. The first kappa shape index (κ1) is 12.2. The van der Waals surface area contributed by atoms with Crippen LogP contribution in [-0.4, -0.2) is 18.9 Å². The third-order valence-electron chi connectivity index (χ3n) is 2.14. The third kappa shape index (κ3) is 3.05. The summed E-state index contributed by atoms with van der Waals surface area (Å²) in [6.07, 6.45) is 1.84. The summed E-state index contributed by atoms with van der Waals surface area (Å²) in [6, 6.07) is 9.21. The summed E-state index contributed by atoms with van der Waals surface area (Å²) < 4.78 is 4.58. The van der Waals surface area contributed by atoms with E-state index >= 15 is 0 Å². The van der Waals surface area contributed by atoms with Gasteiger partial charge in [-0.3, -0.25) is 4.79 Å². The van der Waals surface area contributed by atoms with Crippen molar-refractivity contribution < 1.29 is 14.3 Å². The van der Waals surface area contributed by atoms with Crippen LogP contribution in [-0.2, 0) is 14.3 Å². The van der Waals surface area contributed by atoms with Crippen LogP contribution in [0.25, 0.3) is 6.08 Å². The van der Waals surface area contributed by atoms with E-state index in [1.807, 2.05) is 30.3 Å². The average Bonchev–Trinajstić information content (AvgIpc) is 2.35. The molecule has 0 amide bonds. The molecule has 16 heavy (non-hydrogen) atoms. The minimum absolute atomic E-state index is 0.0937. The van der Waals surface area contributed by atoms with Gasteiger partial charge in [0.2, 0.25) is 0 Å². The topological polar surface area (TPSA) is 43.4 Å². The second-order valence-electron chi connectivity index (χ2n) is 3.24. The normalized spacial score (nSPS) is 11.0. The van der Waals surface area contributed by atoms with E-state index in [2.05, 4.69) is 4.74 Å². The van der Waals surface area contributed by atoms with Gasteiger partial charge in [0.25, 0.3) is 0 Å². The summed E-state index contributed by atoms with van der Waals surface area (Å²) in [5.41, 5.74) is 0.904. The number of hydrogen-bond acceptors (Lipinski definition) is 3. The first-order chi connectivity index (χ1) is 7.69. The predicted octanol–water partition coefficient (Wildman–Crippen LogP) is 2.22. The molecular formula is C13H14O3. The van der Waals surface area contributed by atoms with Crippen molar-refractivity contribution in [3.63, 3.8) is 0 Å². The van der Waals surface area contributed by atoms with E-state index in [9.17, 15) is 9.59 Å². The molecule has 0 atom stereocenters. The van der Waals surface area contributed by atoms with Crippen LogP contribution in [0, 0.1) is 0 Å². The lowest BCUT2D eigenvalue weighted by Crippen LogP contribution is -2.13. The van der Waals surface area contributed by atoms with E-state index in [1.54, 1.807) is 13.0 Å². The Morgan fingerprint density at radius 2 is 1.88 bits per heavy atom. The van der Waals surface area contributed by atoms with Crippen molar-refractivity contribution in [2.45, 2.75) is 13.3 Å². The van der Waals surface area contributed by atoms with E-state index in [0.717, 1.165) is 5.56 Å². The molecule has 0 saturated carbocycles. The second-order valence-corrected chi connectivity index (χ2v) is 3.24. The molecule has 0 aromatic heterocycles. The molecule has 84 valence electrons. The molecule has 3 nitrogen and oxygen atoms in total. The Labute approximate surface area is 94.7 Å². The number of ketones is 1. The zero-order chi connectivity index (χ0) is 12.0. The Bertz CT molecular complexity index is 386. The number of Topliss-reactive ketones (excluding diaryl/α,β-unsaturated/α-hetero) is 1. The lowest BCUT2D eigenvalue weighted by molar-refractivity contribution is -0.137. The quantitative estimate of drug-likeness (QED) is 0.337. The maximum Gasteiger partial charge on any atom is 0.341 e. The Hall–Kier alpha value is -1.90. The number of carbonyl (C=O) groups excluding carboxylic acids is 2. The van der Waals surface area contributed by atoms with Crippen LogP contribution < -0.4 is 0 Å². The van der Waals surface area contributed by atoms with Crippen molar-refractivity contribution in [3.05, 3.63) is 41.5 Å². The molecule has 0 N–H and O–H groups in total. The summed E-state index contributed by atoms with van der Waals surface area (Å²) in [5.74, 6) is -0.800. The first-order valence-electron chi connectivity index (χ1n) is 5.07. The van der Waals surface area contributed by atoms with Crippen molar-refractivity contribution in [2.75, 3.05) is 7.11 Å². The monoisotopic (exact) mass is 218 g/mol. The Morgan fingerprint density at radius 3 is 2.38 bits per heavy atom. The molecule has 0 aliphatic heterocycles. The molecule has 0 saturated heterocycles. The average molecular weight is 218 g/mol. The molecule has 0 heterocycles. The van der Waals surface area contributed by atoms with Crippen LogP contribution in [0.4, 0.5) is 0 Å². The van der Waals surface area contributed by atoms with Crippen molar-refractivity contribution in [1.82, 2.24) is 0 Å². The fourth-order valence-electron chi connectivity index (χ4n) is 1.27. The van der Waals surface area contributed by atoms with Crippen LogP contribution in [0.3, 0.4) is 0 Å². The molecule has 0 aliphatic carbocycles. The molecule has 0 fully saturated rings. The van der Waals surface area contributed by atoms with Gasteiger partial charge in [-0.25, -0.2) is 4.79 Å². The largest absolute Gasteiger partial charge is 0.465 e. The highest BCUT2D eigenvalue weighted by molar-refractivity contribution is 6.20. The van der Waals surface area contributed by atoms with Crippen LogP contribution in [0.5, 0.6) is 0 Å². The summed E-state index contributed by atoms with van der Waals surface area (Å²) in [6.45, 7) is 1.71. The highest BCUT2D eigenvalue weighted by atomic mass is 16.5. The fourth-order valence-corrected chi connectivity index (χ4v) is 1.27. The van der Waals surface area contributed by atoms with E-state index in [4.69, 9.17) is 0 Å². The molecule has 1 aromatic rings. The van der Waals surface area contributed by atoms with Crippen molar-refractivity contribution in [3.8, 4) is 0 Å². The number of rotatable bonds is 4. The van der Waals surface area contributed by atoms with Gasteiger partial charge in [0.15, 0.2) is 5.78 Å². The summed E-state index contributed by atoms with van der Waals surface area (Å²) in [4.78, 5) is 23.0.